The Bertz CT molecular complexity index is 481. The Hall–Kier alpha value is -1.27. The highest BCUT2D eigenvalue weighted by Crippen LogP contribution is 2.30. The van der Waals surface area contributed by atoms with Gasteiger partial charge in [0.2, 0.25) is 0 Å². The molecule has 1 aromatic carbocycles. The highest BCUT2D eigenvalue weighted by Gasteiger charge is 2.42. The molecule has 0 aliphatic rings. The van der Waals surface area contributed by atoms with Crippen molar-refractivity contribution in [1.82, 2.24) is 5.32 Å². The summed E-state index contributed by atoms with van der Waals surface area (Å²) in [5.74, 6) is -0.731. The van der Waals surface area contributed by atoms with Gasteiger partial charge in [-0.25, -0.2) is 0 Å². The molecular formula is C15H22ClF3N2O. The summed E-state index contributed by atoms with van der Waals surface area (Å²) in [6.07, 6.45) is -4.65. The van der Waals surface area contributed by atoms with Crippen molar-refractivity contribution >= 4 is 18.3 Å². The Morgan fingerprint density at radius 1 is 1.18 bits per heavy atom. The van der Waals surface area contributed by atoms with Crippen molar-refractivity contribution in [2.24, 2.45) is 11.1 Å². The molecule has 1 atom stereocenters. The first-order valence-electron chi connectivity index (χ1n) is 6.69. The van der Waals surface area contributed by atoms with Crippen LogP contribution < -0.4 is 11.1 Å². The fraction of sp³-hybridized carbons (Fsp3) is 0.533. The van der Waals surface area contributed by atoms with Crippen molar-refractivity contribution in [3.63, 3.8) is 0 Å². The zero-order valence-electron chi connectivity index (χ0n) is 12.8. The largest absolute Gasteiger partial charge is 0.408 e. The third-order valence-electron chi connectivity index (χ3n) is 2.97. The van der Waals surface area contributed by atoms with Crippen molar-refractivity contribution in [2.75, 3.05) is 0 Å². The van der Waals surface area contributed by atoms with E-state index in [0.717, 1.165) is 5.56 Å². The van der Waals surface area contributed by atoms with E-state index in [-0.39, 0.29) is 24.4 Å². The molecule has 1 aromatic rings. The van der Waals surface area contributed by atoms with Gasteiger partial charge in [0, 0.05) is 12.1 Å². The maximum atomic E-state index is 13.0. The molecule has 1 amide bonds. The fourth-order valence-electron chi connectivity index (χ4n) is 1.89. The lowest BCUT2D eigenvalue weighted by Crippen LogP contribution is -2.47. The Morgan fingerprint density at radius 3 is 2.05 bits per heavy atom. The van der Waals surface area contributed by atoms with Gasteiger partial charge in [0.25, 0.3) is 5.91 Å². The molecule has 126 valence electrons. The third kappa shape index (κ3) is 6.66. The molecule has 1 unspecified atom stereocenters. The van der Waals surface area contributed by atoms with Gasteiger partial charge in [0.15, 0.2) is 0 Å². The number of hydrogen-bond donors (Lipinski definition) is 2. The quantitative estimate of drug-likeness (QED) is 0.880. The molecular weight excluding hydrogens is 317 g/mol. The van der Waals surface area contributed by atoms with Crippen LogP contribution in [0.2, 0.25) is 0 Å². The van der Waals surface area contributed by atoms with Crippen LogP contribution in [0.25, 0.3) is 0 Å². The molecule has 3 N–H and O–H groups in total. The molecule has 0 saturated heterocycles. The normalized spacial score (nSPS) is 13.2. The van der Waals surface area contributed by atoms with E-state index in [9.17, 15) is 18.0 Å². The van der Waals surface area contributed by atoms with E-state index in [1.54, 1.807) is 32.9 Å². The number of nitrogens with two attached hydrogens (primary N) is 1. The zero-order valence-corrected chi connectivity index (χ0v) is 13.6. The van der Waals surface area contributed by atoms with Crippen LogP contribution in [-0.4, -0.2) is 18.1 Å². The topological polar surface area (TPSA) is 55.1 Å². The van der Waals surface area contributed by atoms with Crippen molar-refractivity contribution < 1.29 is 18.0 Å². The molecule has 22 heavy (non-hydrogen) atoms. The standard InChI is InChI=1S/C15H21F3N2O.ClH/c1-14(2,3)8-12(15(16,17)18)20-13(21)11-6-4-10(9-19)5-7-11;/h4-7,12H,8-9,19H2,1-3H3,(H,20,21);1H. The second kappa shape index (κ2) is 7.83. The number of hydrogen-bond acceptors (Lipinski definition) is 2. The highest BCUT2D eigenvalue weighted by molar-refractivity contribution is 5.94. The summed E-state index contributed by atoms with van der Waals surface area (Å²) in [5, 5.41) is 2.07. The number of halogens is 4. The van der Waals surface area contributed by atoms with Crippen LogP contribution in [0, 0.1) is 5.41 Å². The zero-order chi connectivity index (χ0) is 16.3. The molecule has 0 aromatic heterocycles. The van der Waals surface area contributed by atoms with Crippen molar-refractivity contribution in [3.8, 4) is 0 Å². The van der Waals surface area contributed by atoms with Crippen LogP contribution >= 0.6 is 12.4 Å². The van der Waals surface area contributed by atoms with Crippen molar-refractivity contribution in [2.45, 2.75) is 46.0 Å². The number of nitrogens with one attached hydrogen (secondary N) is 1. The van der Waals surface area contributed by atoms with Gasteiger partial charge in [0.1, 0.15) is 6.04 Å². The van der Waals surface area contributed by atoms with Crippen LogP contribution in [-0.2, 0) is 6.54 Å². The van der Waals surface area contributed by atoms with Gasteiger partial charge in [0.05, 0.1) is 0 Å². The first-order chi connectivity index (χ1) is 9.53. The average molecular weight is 339 g/mol. The molecule has 0 saturated carbocycles. The molecule has 0 heterocycles. The summed E-state index contributed by atoms with van der Waals surface area (Å²) >= 11 is 0. The summed E-state index contributed by atoms with van der Waals surface area (Å²) in [6.45, 7) is 5.42. The predicted octanol–water partition coefficient (Wildman–Crippen LogP) is 3.66. The van der Waals surface area contributed by atoms with E-state index >= 15 is 0 Å². The summed E-state index contributed by atoms with van der Waals surface area (Å²) in [7, 11) is 0. The Kier molecular flexibility index (Phi) is 7.38. The average Bonchev–Trinajstić information content (AvgIpc) is 2.35. The van der Waals surface area contributed by atoms with E-state index in [1.165, 1.54) is 12.1 Å². The minimum Gasteiger partial charge on any atom is -0.340 e. The van der Waals surface area contributed by atoms with Crippen LogP contribution in [0.3, 0.4) is 0 Å². The molecule has 1 rings (SSSR count). The molecule has 7 heteroatoms. The van der Waals surface area contributed by atoms with Crippen LogP contribution in [0.4, 0.5) is 13.2 Å². The first-order valence-corrected chi connectivity index (χ1v) is 6.69. The fourth-order valence-corrected chi connectivity index (χ4v) is 1.89. The van der Waals surface area contributed by atoms with E-state index < -0.39 is 23.5 Å². The maximum absolute atomic E-state index is 13.0. The molecule has 0 aliphatic heterocycles. The number of amides is 1. The van der Waals surface area contributed by atoms with Crippen molar-refractivity contribution in [3.05, 3.63) is 35.4 Å². The Morgan fingerprint density at radius 2 is 1.68 bits per heavy atom. The van der Waals surface area contributed by atoms with E-state index in [4.69, 9.17) is 5.73 Å². The van der Waals surface area contributed by atoms with Crippen molar-refractivity contribution in [1.29, 1.82) is 0 Å². The number of carbonyl (C=O) groups excluding carboxylic acids is 1. The summed E-state index contributed by atoms with van der Waals surface area (Å²) in [6, 6.07) is 4.34. The van der Waals surface area contributed by atoms with Gasteiger partial charge in [-0.3, -0.25) is 4.79 Å². The second-order valence-corrected chi connectivity index (χ2v) is 6.23. The Balaban J connectivity index is 0.00000441. The van der Waals surface area contributed by atoms with E-state index in [0.29, 0.717) is 6.54 Å². The van der Waals surface area contributed by atoms with Gasteiger partial charge in [-0.05, 0) is 29.5 Å². The van der Waals surface area contributed by atoms with Gasteiger partial charge in [-0.1, -0.05) is 32.9 Å². The highest BCUT2D eigenvalue weighted by atomic mass is 35.5. The van der Waals surface area contributed by atoms with E-state index in [2.05, 4.69) is 5.32 Å². The lowest BCUT2D eigenvalue weighted by Gasteiger charge is -2.28. The van der Waals surface area contributed by atoms with E-state index in [1.807, 2.05) is 0 Å². The van der Waals surface area contributed by atoms with Crippen LogP contribution in [0.15, 0.2) is 24.3 Å². The first kappa shape index (κ1) is 20.7. The summed E-state index contributed by atoms with van der Waals surface area (Å²) < 4.78 is 39.0. The molecule has 0 fully saturated rings. The van der Waals surface area contributed by atoms with Crippen LogP contribution in [0.5, 0.6) is 0 Å². The predicted molar refractivity (Wildman–Crippen MR) is 83.0 cm³/mol. The smallest absolute Gasteiger partial charge is 0.340 e. The number of alkyl halides is 3. The molecule has 0 aliphatic carbocycles. The molecule has 0 spiro atoms. The Labute approximate surface area is 134 Å². The number of rotatable bonds is 4. The number of carbonyl (C=O) groups is 1. The monoisotopic (exact) mass is 338 g/mol. The molecule has 3 nitrogen and oxygen atoms in total. The molecule has 0 bridgehead atoms. The van der Waals surface area contributed by atoms with Crippen LogP contribution in [0.1, 0.15) is 43.1 Å². The third-order valence-corrected chi connectivity index (χ3v) is 2.97. The van der Waals surface area contributed by atoms with Gasteiger partial charge in [-0.15, -0.1) is 12.4 Å². The minimum atomic E-state index is -4.47. The number of benzene rings is 1. The minimum absolute atomic E-state index is 0. The summed E-state index contributed by atoms with van der Waals surface area (Å²) in [5.41, 5.74) is 5.89. The lowest BCUT2D eigenvalue weighted by molar-refractivity contribution is -0.159. The SMILES string of the molecule is CC(C)(C)CC(NC(=O)c1ccc(CN)cc1)C(F)(F)F.Cl. The van der Waals surface area contributed by atoms with Gasteiger partial charge in [-0.2, -0.15) is 13.2 Å². The second-order valence-electron chi connectivity index (χ2n) is 6.23. The van der Waals surface area contributed by atoms with Gasteiger partial charge < -0.3 is 11.1 Å². The lowest BCUT2D eigenvalue weighted by atomic mass is 9.87. The maximum Gasteiger partial charge on any atom is 0.408 e. The van der Waals surface area contributed by atoms with Gasteiger partial charge >= 0.3 is 6.18 Å². The molecule has 0 radical (unpaired) electrons. The summed E-state index contributed by atoms with van der Waals surface area (Å²) in [4.78, 5) is 11.9.